The van der Waals surface area contributed by atoms with Crippen LogP contribution in [0.2, 0.25) is 0 Å². The van der Waals surface area contributed by atoms with Gasteiger partial charge < -0.3 is 28.8 Å². The fourth-order valence-corrected chi connectivity index (χ4v) is 0.384. The molecule has 0 aliphatic carbocycles. The molecule has 27 heavy (non-hydrogen) atoms. The molecule has 0 radical (unpaired) electrons. The monoisotopic (exact) mass is 436 g/mol. The van der Waals surface area contributed by atoms with Gasteiger partial charge in [0.2, 0.25) is 0 Å². The molecule has 0 spiro atoms. The number of hydrogen-bond acceptors (Lipinski definition) is 8. The van der Waals surface area contributed by atoms with E-state index in [4.69, 9.17) is 5.11 Å². The van der Waals surface area contributed by atoms with Crippen molar-refractivity contribution >= 4 is 26.3 Å². The molecule has 0 rings (SSSR count). The fourth-order valence-electron chi connectivity index (χ4n) is 0.384. The van der Waals surface area contributed by atoms with E-state index in [0.717, 1.165) is 0 Å². The molecule has 0 aromatic heterocycles. The van der Waals surface area contributed by atoms with Crippen molar-refractivity contribution < 1.29 is 87.2 Å². The van der Waals surface area contributed by atoms with Crippen LogP contribution in [-0.2, 0) is 23.7 Å². The van der Waals surface area contributed by atoms with Gasteiger partial charge in [-0.15, -0.1) is 0 Å². The Labute approximate surface area is 162 Å². The number of hydrogen-bond donors (Lipinski definition) is 1. The van der Waals surface area contributed by atoms with Crippen LogP contribution in [-0.4, -0.2) is 58.1 Å². The zero-order valence-electron chi connectivity index (χ0n) is 15.3. The van der Waals surface area contributed by atoms with Crippen LogP contribution >= 0.6 is 7.81 Å². The second-order valence-corrected chi connectivity index (χ2v) is 5.12. The number of ether oxygens (including phenoxy) is 5. The van der Waals surface area contributed by atoms with Gasteiger partial charge in [0.1, 0.15) is 0 Å². The summed E-state index contributed by atoms with van der Waals surface area (Å²) in [5.74, 6) is 0. The summed E-state index contributed by atoms with van der Waals surface area (Å²) in [6.45, 7) is 3.94. The molecule has 0 aromatic carbocycles. The Balaban J connectivity index is -0.0000000789. The molecule has 17 heteroatoms. The summed E-state index contributed by atoms with van der Waals surface area (Å²) in [4.78, 5) is 29.1. The maximum atomic E-state index is 9.97. The Kier molecular flexibility index (Phi) is 20.8. The van der Waals surface area contributed by atoms with Gasteiger partial charge in [-0.3, -0.25) is 0 Å². The molecule has 9 nitrogen and oxygen atoms in total. The smallest absolute Gasteiger partial charge is 1.00 e. The Bertz CT molecular complexity index is 400. The minimum Gasteiger partial charge on any atom is 1.00 e. The second kappa shape index (κ2) is 15.5. The van der Waals surface area contributed by atoms with Crippen molar-refractivity contribution in [2.24, 2.45) is 0 Å². The van der Waals surface area contributed by atoms with Gasteiger partial charge in [-0.2, -0.15) is 0 Å². The first-order valence-corrected chi connectivity index (χ1v) is 8.12. The van der Waals surface area contributed by atoms with E-state index in [0.29, 0.717) is 6.61 Å². The van der Waals surface area contributed by atoms with E-state index in [2.05, 4.69) is 23.7 Å². The standard InChI is InChI=1S/C4H8O3.2C3H6O3.F6P.Li/c1-3-7-4(5)6-2;1-5-3(4)6-2;1-2-6-3(4)5;1-7(2,3,4,5)6;/h3H2,1-2H3;1-2H3;2H2,1H3,(H,4,5);;/q;;;-1;+1. The largest absolute Gasteiger partial charge is 1.00 e. The summed E-state index contributed by atoms with van der Waals surface area (Å²) >= 11 is 0. The first kappa shape index (κ1) is 36.4. The third kappa shape index (κ3) is 113. The van der Waals surface area contributed by atoms with Crippen molar-refractivity contribution in [2.75, 3.05) is 34.5 Å². The second-order valence-electron chi connectivity index (χ2n) is 3.20. The van der Waals surface area contributed by atoms with Crippen LogP contribution in [0, 0.1) is 0 Å². The van der Waals surface area contributed by atoms with Gasteiger partial charge >= 0.3 is 70.3 Å². The zero-order chi connectivity index (χ0) is 22.1. The van der Waals surface area contributed by atoms with E-state index in [1.807, 2.05) is 0 Å². The van der Waals surface area contributed by atoms with Crippen LogP contribution in [0.4, 0.5) is 39.6 Å². The normalized spacial score (nSPS) is 11.2. The molecule has 0 atom stereocenters. The molecule has 0 heterocycles. The number of carbonyl (C=O) groups is 3. The third-order valence-electron chi connectivity index (χ3n) is 1.03. The minimum absolute atomic E-state index is 0. The average Bonchev–Trinajstić information content (AvgIpc) is 2.44. The van der Waals surface area contributed by atoms with Crippen LogP contribution in [0.5, 0.6) is 0 Å². The molecule has 0 aromatic rings. The number of halogens is 6. The van der Waals surface area contributed by atoms with Gasteiger partial charge in [0.15, 0.2) is 0 Å². The number of methoxy groups -OCH3 is 3. The van der Waals surface area contributed by atoms with Gasteiger partial charge in [-0.25, -0.2) is 14.4 Å². The van der Waals surface area contributed by atoms with E-state index < -0.39 is 26.3 Å². The van der Waals surface area contributed by atoms with Gasteiger partial charge in [-0.1, -0.05) is 0 Å². The van der Waals surface area contributed by atoms with E-state index in [9.17, 15) is 39.6 Å². The predicted octanol–water partition coefficient (Wildman–Crippen LogP) is 2.28. The van der Waals surface area contributed by atoms with E-state index in [-0.39, 0.29) is 25.5 Å². The molecule has 0 saturated heterocycles. The first-order chi connectivity index (χ1) is 11.3. The van der Waals surface area contributed by atoms with Crippen molar-refractivity contribution in [3.63, 3.8) is 0 Å². The molecule has 0 fully saturated rings. The molecule has 0 aliphatic heterocycles. The maximum absolute atomic E-state index is 10.7. The summed E-state index contributed by atoms with van der Waals surface area (Å²) in [5, 5.41) is 7.69. The van der Waals surface area contributed by atoms with Gasteiger partial charge in [0.25, 0.3) is 0 Å². The van der Waals surface area contributed by atoms with Crippen molar-refractivity contribution in [1.82, 2.24) is 0 Å². The van der Waals surface area contributed by atoms with Crippen LogP contribution in [0.25, 0.3) is 0 Å². The summed E-state index contributed by atoms with van der Waals surface area (Å²) < 4.78 is 79.7. The molecule has 1 N–H and O–H groups in total. The van der Waals surface area contributed by atoms with Crippen LogP contribution in [0.15, 0.2) is 0 Å². The molecule has 162 valence electrons. The van der Waals surface area contributed by atoms with Crippen molar-refractivity contribution in [3.05, 3.63) is 0 Å². The molecule has 0 amide bonds. The molecular formula is C10H20F6LiO9P. The molecule has 0 saturated carbocycles. The Morgan fingerprint density at radius 2 is 1.00 bits per heavy atom. The Hall–Kier alpha value is -1.58. The Morgan fingerprint density at radius 3 is 1.04 bits per heavy atom. The van der Waals surface area contributed by atoms with Crippen LogP contribution in [0.1, 0.15) is 13.8 Å². The Morgan fingerprint density at radius 1 is 0.741 bits per heavy atom. The first-order valence-electron chi connectivity index (χ1n) is 6.09. The maximum Gasteiger partial charge on any atom is 1.00 e. The minimum atomic E-state index is -10.7. The molecular weight excluding hydrogens is 416 g/mol. The summed E-state index contributed by atoms with van der Waals surface area (Å²) in [7, 11) is -6.87. The number of carbonyl (C=O) groups excluding carboxylic acids is 2. The summed E-state index contributed by atoms with van der Waals surface area (Å²) in [6, 6.07) is 0. The van der Waals surface area contributed by atoms with Crippen molar-refractivity contribution in [3.8, 4) is 0 Å². The predicted molar refractivity (Wildman–Crippen MR) is 76.7 cm³/mol. The zero-order valence-corrected chi connectivity index (χ0v) is 16.2. The van der Waals surface area contributed by atoms with E-state index in [1.165, 1.54) is 21.3 Å². The van der Waals surface area contributed by atoms with Crippen LogP contribution < -0.4 is 18.9 Å². The SMILES string of the molecule is CCOC(=O)O.CCOC(=O)OC.COC(=O)OC.F[P-](F)(F)(F)(F)F.[Li+]. The van der Waals surface area contributed by atoms with Gasteiger partial charge in [0, 0.05) is 0 Å². The van der Waals surface area contributed by atoms with E-state index >= 15 is 0 Å². The van der Waals surface area contributed by atoms with Crippen LogP contribution in [0.3, 0.4) is 0 Å². The summed E-state index contributed by atoms with van der Waals surface area (Å²) in [5.41, 5.74) is 0. The quantitative estimate of drug-likeness (QED) is 0.229. The molecule has 0 aliphatic rings. The number of rotatable bonds is 2. The number of carboxylic acid groups (broad SMARTS) is 1. The average molecular weight is 436 g/mol. The third-order valence-corrected chi connectivity index (χ3v) is 1.03. The topological polar surface area (TPSA) is 118 Å². The fraction of sp³-hybridized carbons (Fsp3) is 0.700. The van der Waals surface area contributed by atoms with Gasteiger partial charge in [0.05, 0.1) is 34.5 Å². The molecule has 0 bridgehead atoms. The van der Waals surface area contributed by atoms with Crippen molar-refractivity contribution in [2.45, 2.75) is 13.8 Å². The summed E-state index contributed by atoms with van der Waals surface area (Å²) in [6.07, 6.45) is -2.49. The van der Waals surface area contributed by atoms with E-state index in [1.54, 1.807) is 13.8 Å². The molecule has 0 unspecified atom stereocenters. The van der Waals surface area contributed by atoms with Gasteiger partial charge in [-0.05, 0) is 13.8 Å². The van der Waals surface area contributed by atoms with Crippen molar-refractivity contribution in [1.29, 1.82) is 0 Å².